The second-order valence-electron chi connectivity index (χ2n) is 7.17. The second-order valence-corrected chi connectivity index (χ2v) is 7.17. The highest BCUT2D eigenvalue weighted by molar-refractivity contribution is 5.93. The summed E-state index contributed by atoms with van der Waals surface area (Å²) in [5, 5.41) is 16.3. The Kier molecular flexibility index (Phi) is 4.81. The lowest BCUT2D eigenvalue weighted by molar-refractivity contribution is 0.0781. The number of aryl methyl sites for hydroxylation is 1. The molecular weight excluding hydrogens is 342 g/mol. The quantitative estimate of drug-likeness (QED) is 0.727. The molecule has 1 saturated heterocycles. The predicted molar refractivity (Wildman–Crippen MR) is 101 cm³/mol. The molecule has 1 aliphatic rings. The molecule has 1 fully saturated rings. The molecule has 1 aliphatic heterocycles. The molecular formula is C21H23N3O3. The summed E-state index contributed by atoms with van der Waals surface area (Å²) < 4.78 is 5.58. The first-order valence-electron chi connectivity index (χ1n) is 9.22. The van der Waals surface area contributed by atoms with Gasteiger partial charge in [0.1, 0.15) is 11.5 Å². The molecule has 1 aromatic carbocycles. The molecule has 1 atom stereocenters. The van der Waals surface area contributed by atoms with Gasteiger partial charge in [-0.1, -0.05) is 24.3 Å². The van der Waals surface area contributed by atoms with Gasteiger partial charge in [-0.05, 0) is 48.9 Å². The van der Waals surface area contributed by atoms with Gasteiger partial charge in [0.15, 0.2) is 11.5 Å². The minimum atomic E-state index is -0.0487. The van der Waals surface area contributed by atoms with Gasteiger partial charge in [0, 0.05) is 19.2 Å². The molecule has 3 aromatic rings. The summed E-state index contributed by atoms with van der Waals surface area (Å²) in [4.78, 5) is 14.6. The fraction of sp³-hybridized carbons (Fsp3) is 0.333. The summed E-state index contributed by atoms with van der Waals surface area (Å²) in [6, 6.07) is 13.5. The van der Waals surface area contributed by atoms with E-state index in [0.29, 0.717) is 23.1 Å². The standard InChI is InChI=1S/C21H23N3O3/c1-14-5-6-20(27-14)18-11-19(23-22-18)21(26)24-8-7-16(12-24)9-15-3-2-4-17(10-15)13-25/h2-6,10-11,16,25H,7-9,12-13H2,1H3,(H,22,23)/t16-/m1/s1. The highest BCUT2D eigenvalue weighted by Gasteiger charge is 2.28. The number of carbonyl (C=O) groups excluding carboxylic acids is 1. The van der Waals surface area contributed by atoms with Crippen LogP contribution in [0.15, 0.2) is 46.9 Å². The van der Waals surface area contributed by atoms with E-state index in [-0.39, 0.29) is 12.5 Å². The molecule has 3 heterocycles. The number of H-pyrrole nitrogens is 1. The first-order chi connectivity index (χ1) is 13.1. The third-order valence-electron chi connectivity index (χ3n) is 5.07. The molecule has 0 saturated carbocycles. The van der Waals surface area contributed by atoms with E-state index in [1.54, 1.807) is 6.07 Å². The van der Waals surface area contributed by atoms with E-state index in [2.05, 4.69) is 16.3 Å². The SMILES string of the molecule is Cc1ccc(-c2cc(C(=O)N3CC[C@H](Cc4cccc(CO)c4)C3)n[nH]2)o1. The first-order valence-corrected chi connectivity index (χ1v) is 9.22. The van der Waals surface area contributed by atoms with Crippen LogP contribution in [-0.2, 0) is 13.0 Å². The molecule has 1 amide bonds. The Labute approximate surface area is 157 Å². The van der Waals surface area contributed by atoms with E-state index in [4.69, 9.17) is 4.42 Å². The number of nitrogens with zero attached hydrogens (tertiary/aromatic N) is 2. The lowest BCUT2D eigenvalue weighted by atomic mass is 9.97. The number of aromatic nitrogens is 2. The van der Waals surface area contributed by atoms with Crippen molar-refractivity contribution >= 4 is 5.91 Å². The van der Waals surface area contributed by atoms with Crippen molar-refractivity contribution in [3.8, 4) is 11.5 Å². The zero-order chi connectivity index (χ0) is 18.8. The molecule has 0 bridgehead atoms. The van der Waals surface area contributed by atoms with Crippen LogP contribution in [0.2, 0.25) is 0 Å². The van der Waals surface area contributed by atoms with Gasteiger partial charge in [0.25, 0.3) is 5.91 Å². The molecule has 6 heteroatoms. The third kappa shape index (κ3) is 3.80. The van der Waals surface area contributed by atoms with Gasteiger partial charge in [0.05, 0.1) is 6.61 Å². The van der Waals surface area contributed by atoms with Crippen LogP contribution in [0, 0.1) is 12.8 Å². The largest absolute Gasteiger partial charge is 0.460 e. The van der Waals surface area contributed by atoms with E-state index in [0.717, 1.165) is 37.3 Å². The zero-order valence-electron chi connectivity index (χ0n) is 15.3. The number of benzene rings is 1. The summed E-state index contributed by atoms with van der Waals surface area (Å²) in [7, 11) is 0. The van der Waals surface area contributed by atoms with Crippen LogP contribution >= 0.6 is 0 Å². The Morgan fingerprint density at radius 3 is 2.93 bits per heavy atom. The van der Waals surface area contributed by atoms with Gasteiger partial charge in [-0.2, -0.15) is 5.10 Å². The highest BCUT2D eigenvalue weighted by Crippen LogP contribution is 2.25. The van der Waals surface area contributed by atoms with Gasteiger partial charge in [-0.3, -0.25) is 9.89 Å². The number of aliphatic hydroxyl groups excluding tert-OH is 1. The Morgan fingerprint density at radius 2 is 2.15 bits per heavy atom. The molecule has 4 rings (SSSR count). The second kappa shape index (κ2) is 7.40. The molecule has 0 spiro atoms. The maximum atomic E-state index is 12.8. The Balaban J connectivity index is 1.40. The van der Waals surface area contributed by atoms with Gasteiger partial charge in [-0.15, -0.1) is 0 Å². The fourth-order valence-electron chi connectivity index (χ4n) is 3.67. The maximum absolute atomic E-state index is 12.8. The Hall–Kier alpha value is -2.86. The lowest BCUT2D eigenvalue weighted by Crippen LogP contribution is -2.29. The summed E-state index contributed by atoms with van der Waals surface area (Å²) >= 11 is 0. The Bertz CT molecular complexity index is 944. The monoisotopic (exact) mass is 365 g/mol. The summed E-state index contributed by atoms with van der Waals surface area (Å²) in [6.45, 7) is 3.40. The number of furan rings is 1. The van der Waals surface area contributed by atoms with Crippen molar-refractivity contribution in [1.82, 2.24) is 15.1 Å². The van der Waals surface area contributed by atoms with Crippen LogP contribution in [-0.4, -0.2) is 39.2 Å². The van der Waals surface area contributed by atoms with Gasteiger partial charge >= 0.3 is 0 Å². The van der Waals surface area contributed by atoms with Crippen molar-refractivity contribution in [1.29, 1.82) is 0 Å². The minimum Gasteiger partial charge on any atom is -0.460 e. The summed E-state index contributed by atoms with van der Waals surface area (Å²) in [5.74, 6) is 1.88. The third-order valence-corrected chi connectivity index (χ3v) is 5.07. The van der Waals surface area contributed by atoms with Crippen molar-refractivity contribution < 1.29 is 14.3 Å². The zero-order valence-corrected chi connectivity index (χ0v) is 15.3. The smallest absolute Gasteiger partial charge is 0.274 e. The van der Waals surface area contributed by atoms with Crippen LogP contribution in [0.1, 0.15) is 33.8 Å². The molecule has 0 radical (unpaired) electrons. The number of nitrogens with one attached hydrogen (secondary N) is 1. The number of amides is 1. The number of likely N-dealkylation sites (tertiary alicyclic amines) is 1. The van der Waals surface area contributed by atoms with Crippen molar-refractivity contribution in [2.75, 3.05) is 13.1 Å². The Morgan fingerprint density at radius 1 is 1.30 bits per heavy atom. The predicted octanol–water partition coefficient (Wildman–Crippen LogP) is 3.18. The van der Waals surface area contributed by atoms with Crippen molar-refractivity contribution in [3.63, 3.8) is 0 Å². The van der Waals surface area contributed by atoms with Crippen LogP contribution < -0.4 is 0 Å². The summed E-state index contributed by atoms with van der Waals surface area (Å²) in [5.41, 5.74) is 3.26. The topological polar surface area (TPSA) is 82.4 Å². The van der Waals surface area contributed by atoms with Gasteiger partial charge in [0.2, 0.25) is 0 Å². The molecule has 27 heavy (non-hydrogen) atoms. The minimum absolute atomic E-state index is 0.0487. The fourth-order valence-corrected chi connectivity index (χ4v) is 3.67. The van der Waals surface area contributed by atoms with Gasteiger partial charge < -0.3 is 14.4 Å². The number of aromatic amines is 1. The number of aliphatic hydroxyl groups is 1. The van der Waals surface area contributed by atoms with Crippen LogP contribution in [0.4, 0.5) is 0 Å². The molecule has 2 aromatic heterocycles. The molecule has 0 unspecified atom stereocenters. The van der Waals surface area contributed by atoms with E-state index in [1.807, 2.05) is 42.2 Å². The van der Waals surface area contributed by atoms with Crippen LogP contribution in [0.3, 0.4) is 0 Å². The summed E-state index contributed by atoms with van der Waals surface area (Å²) in [6.07, 6.45) is 1.89. The average Bonchev–Trinajstić information content (AvgIpc) is 3.41. The van der Waals surface area contributed by atoms with E-state index >= 15 is 0 Å². The van der Waals surface area contributed by atoms with Gasteiger partial charge in [-0.25, -0.2) is 0 Å². The van der Waals surface area contributed by atoms with E-state index in [1.165, 1.54) is 5.56 Å². The average molecular weight is 365 g/mol. The van der Waals surface area contributed by atoms with Crippen LogP contribution in [0.25, 0.3) is 11.5 Å². The van der Waals surface area contributed by atoms with Crippen LogP contribution in [0.5, 0.6) is 0 Å². The maximum Gasteiger partial charge on any atom is 0.274 e. The van der Waals surface area contributed by atoms with Crippen molar-refractivity contribution in [2.45, 2.75) is 26.4 Å². The number of hydrogen-bond acceptors (Lipinski definition) is 4. The number of rotatable bonds is 5. The molecule has 140 valence electrons. The number of carbonyl (C=O) groups is 1. The lowest BCUT2D eigenvalue weighted by Gasteiger charge is -2.15. The normalized spacial score (nSPS) is 16.8. The van der Waals surface area contributed by atoms with Crippen molar-refractivity contribution in [2.24, 2.45) is 5.92 Å². The van der Waals surface area contributed by atoms with E-state index < -0.39 is 0 Å². The molecule has 6 nitrogen and oxygen atoms in total. The van der Waals surface area contributed by atoms with Crippen molar-refractivity contribution in [3.05, 3.63) is 65.0 Å². The highest BCUT2D eigenvalue weighted by atomic mass is 16.3. The molecule has 2 N–H and O–H groups in total. The molecule has 0 aliphatic carbocycles. The first kappa shape index (κ1) is 17.5. The number of hydrogen-bond donors (Lipinski definition) is 2. The van der Waals surface area contributed by atoms with E-state index in [9.17, 15) is 9.90 Å².